The van der Waals surface area contributed by atoms with E-state index in [0.29, 0.717) is 31.3 Å². The molecule has 1 N–H and O–H groups in total. The lowest BCUT2D eigenvalue weighted by atomic mass is 10.3. The van der Waals surface area contributed by atoms with Gasteiger partial charge >= 0.3 is 5.97 Å². The number of benzene rings is 2. The van der Waals surface area contributed by atoms with Crippen molar-refractivity contribution in [2.45, 2.75) is 13.3 Å². The van der Waals surface area contributed by atoms with Gasteiger partial charge in [0.15, 0.2) is 6.61 Å². The Morgan fingerprint density at radius 3 is 1.90 bits per heavy atom. The summed E-state index contributed by atoms with van der Waals surface area (Å²) in [6.07, 6.45) is 0.0418. The molecular weight excluding hydrogens is 390 g/mol. The molecule has 0 radical (unpaired) electrons. The van der Waals surface area contributed by atoms with Gasteiger partial charge in [-0.15, -0.1) is 0 Å². The molecule has 0 aliphatic carbocycles. The molecule has 1 amide bonds. The Morgan fingerprint density at radius 2 is 1.33 bits per heavy atom. The maximum atomic E-state index is 11.7. The van der Waals surface area contributed by atoms with E-state index in [1.165, 1.54) is 0 Å². The van der Waals surface area contributed by atoms with Crippen LogP contribution in [0.2, 0.25) is 0 Å². The fourth-order valence-electron chi connectivity index (χ4n) is 2.35. The first-order valence-electron chi connectivity index (χ1n) is 9.65. The second-order valence-corrected chi connectivity index (χ2v) is 6.04. The normalized spacial score (nSPS) is 10.1. The van der Waals surface area contributed by atoms with E-state index in [-0.39, 0.29) is 19.6 Å². The van der Waals surface area contributed by atoms with Crippen molar-refractivity contribution in [3.63, 3.8) is 0 Å². The third kappa shape index (κ3) is 8.72. The largest absolute Gasteiger partial charge is 0.497 e. The first kappa shape index (κ1) is 22.9. The quantitative estimate of drug-likeness (QED) is 0.396. The number of carbonyl (C=O) groups is 2. The summed E-state index contributed by atoms with van der Waals surface area (Å²) in [5.41, 5.74) is 0. The first-order valence-corrected chi connectivity index (χ1v) is 9.65. The third-order valence-electron chi connectivity index (χ3n) is 3.83. The Morgan fingerprint density at radius 1 is 0.800 bits per heavy atom. The molecule has 0 aromatic heterocycles. The molecule has 2 aromatic carbocycles. The number of nitrogens with one attached hydrogen (secondary N) is 1. The topological polar surface area (TPSA) is 92.3 Å². The molecule has 0 aliphatic heterocycles. The summed E-state index contributed by atoms with van der Waals surface area (Å²) in [6, 6.07) is 14.2. The fraction of sp³-hybridized carbons (Fsp3) is 0.364. The zero-order valence-corrected chi connectivity index (χ0v) is 17.2. The van der Waals surface area contributed by atoms with E-state index in [4.69, 9.17) is 23.7 Å². The maximum Gasteiger partial charge on any atom is 0.309 e. The van der Waals surface area contributed by atoms with Crippen LogP contribution in [0.5, 0.6) is 23.0 Å². The van der Waals surface area contributed by atoms with E-state index in [1.807, 2.05) is 19.1 Å². The standard InChI is InChI=1S/C22H27NO7/c1-3-27-18-8-10-20(11-9-18)29-15-13-23-21(24)16-30-22(25)12-14-28-19-6-4-17(26-2)5-7-19/h4-11H,3,12-16H2,1-2H3,(H,23,24). The molecule has 2 aromatic rings. The van der Waals surface area contributed by atoms with Gasteiger partial charge in [-0.3, -0.25) is 9.59 Å². The number of rotatable bonds is 13. The Labute approximate surface area is 176 Å². The summed E-state index contributed by atoms with van der Waals surface area (Å²) in [5, 5.41) is 2.62. The van der Waals surface area contributed by atoms with Gasteiger partial charge in [-0.25, -0.2) is 0 Å². The summed E-state index contributed by atoms with van der Waals surface area (Å²) in [5.74, 6) is 1.89. The zero-order valence-electron chi connectivity index (χ0n) is 17.2. The lowest BCUT2D eigenvalue weighted by Gasteiger charge is -2.09. The molecule has 0 bridgehead atoms. The van der Waals surface area contributed by atoms with E-state index >= 15 is 0 Å². The summed E-state index contributed by atoms with van der Waals surface area (Å²) < 4.78 is 26.3. The predicted octanol–water partition coefficient (Wildman–Crippen LogP) is 2.60. The van der Waals surface area contributed by atoms with E-state index < -0.39 is 11.9 Å². The van der Waals surface area contributed by atoms with Crippen molar-refractivity contribution in [1.29, 1.82) is 0 Å². The second-order valence-electron chi connectivity index (χ2n) is 6.04. The SMILES string of the molecule is CCOc1ccc(OCCNC(=O)COC(=O)CCOc2ccc(OC)cc2)cc1. The van der Waals surface area contributed by atoms with Crippen molar-refractivity contribution >= 4 is 11.9 Å². The monoisotopic (exact) mass is 417 g/mol. The average Bonchev–Trinajstić information content (AvgIpc) is 2.77. The first-order chi connectivity index (χ1) is 14.6. The summed E-state index contributed by atoms with van der Waals surface area (Å²) in [4.78, 5) is 23.4. The number of hydrogen-bond acceptors (Lipinski definition) is 7. The highest BCUT2D eigenvalue weighted by Crippen LogP contribution is 2.18. The van der Waals surface area contributed by atoms with Crippen LogP contribution >= 0.6 is 0 Å². The van der Waals surface area contributed by atoms with Crippen LogP contribution in [0.1, 0.15) is 13.3 Å². The smallest absolute Gasteiger partial charge is 0.309 e. The second kappa shape index (κ2) is 12.9. The number of methoxy groups -OCH3 is 1. The maximum absolute atomic E-state index is 11.7. The Balaban J connectivity index is 1.52. The zero-order chi connectivity index (χ0) is 21.6. The van der Waals surface area contributed by atoms with Crippen molar-refractivity contribution in [3.05, 3.63) is 48.5 Å². The molecule has 0 fully saturated rings. The minimum atomic E-state index is -0.510. The molecule has 0 saturated heterocycles. The van der Waals surface area contributed by atoms with Crippen molar-refractivity contribution < 1.29 is 33.3 Å². The molecule has 0 heterocycles. The van der Waals surface area contributed by atoms with Crippen LogP contribution in [0.4, 0.5) is 0 Å². The lowest BCUT2D eigenvalue weighted by molar-refractivity contribution is -0.149. The molecule has 0 saturated carbocycles. The summed E-state index contributed by atoms with van der Waals surface area (Å²) in [6.45, 7) is 2.92. The third-order valence-corrected chi connectivity index (χ3v) is 3.83. The molecule has 0 unspecified atom stereocenters. The molecule has 8 heteroatoms. The van der Waals surface area contributed by atoms with Gasteiger partial charge in [0.1, 0.15) is 29.6 Å². The number of esters is 1. The molecule has 0 spiro atoms. The van der Waals surface area contributed by atoms with Crippen LogP contribution < -0.4 is 24.3 Å². The minimum Gasteiger partial charge on any atom is -0.497 e. The number of carbonyl (C=O) groups excluding carboxylic acids is 2. The molecule has 2 rings (SSSR count). The average molecular weight is 417 g/mol. The van der Waals surface area contributed by atoms with E-state index in [2.05, 4.69) is 5.32 Å². The van der Waals surface area contributed by atoms with E-state index in [0.717, 1.165) is 11.5 Å². The van der Waals surface area contributed by atoms with Gasteiger partial charge in [0.2, 0.25) is 0 Å². The van der Waals surface area contributed by atoms with Crippen molar-refractivity contribution in [3.8, 4) is 23.0 Å². The molecule has 0 atom stereocenters. The van der Waals surface area contributed by atoms with E-state index in [1.54, 1.807) is 43.5 Å². The van der Waals surface area contributed by atoms with Gasteiger partial charge in [-0.05, 0) is 55.5 Å². The molecule has 30 heavy (non-hydrogen) atoms. The highest BCUT2D eigenvalue weighted by atomic mass is 16.5. The Hall–Kier alpha value is -3.42. The number of amides is 1. The highest BCUT2D eigenvalue weighted by molar-refractivity contribution is 5.80. The summed E-state index contributed by atoms with van der Waals surface area (Å²) >= 11 is 0. The highest BCUT2D eigenvalue weighted by Gasteiger charge is 2.08. The van der Waals surface area contributed by atoms with Crippen LogP contribution in [-0.2, 0) is 14.3 Å². The van der Waals surface area contributed by atoms with Gasteiger partial charge in [-0.2, -0.15) is 0 Å². The van der Waals surface area contributed by atoms with Crippen LogP contribution in [-0.4, -0.2) is 52.0 Å². The lowest BCUT2D eigenvalue weighted by Crippen LogP contribution is -2.32. The van der Waals surface area contributed by atoms with Crippen LogP contribution in [0, 0.1) is 0 Å². The number of hydrogen-bond donors (Lipinski definition) is 1. The Bertz CT molecular complexity index is 775. The fourth-order valence-corrected chi connectivity index (χ4v) is 2.35. The van der Waals surface area contributed by atoms with Crippen molar-refractivity contribution in [1.82, 2.24) is 5.32 Å². The Kier molecular flexibility index (Phi) is 9.85. The van der Waals surface area contributed by atoms with Crippen molar-refractivity contribution in [2.75, 3.05) is 40.1 Å². The molecule has 8 nitrogen and oxygen atoms in total. The minimum absolute atomic E-state index is 0.0418. The van der Waals surface area contributed by atoms with Gasteiger partial charge in [0.25, 0.3) is 5.91 Å². The van der Waals surface area contributed by atoms with Crippen LogP contribution in [0.15, 0.2) is 48.5 Å². The van der Waals surface area contributed by atoms with Crippen LogP contribution in [0.3, 0.4) is 0 Å². The van der Waals surface area contributed by atoms with Gasteiger partial charge in [0.05, 0.1) is 33.3 Å². The summed E-state index contributed by atoms with van der Waals surface area (Å²) in [7, 11) is 1.58. The number of ether oxygens (including phenoxy) is 5. The van der Waals surface area contributed by atoms with Gasteiger partial charge in [-0.1, -0.05) is 0 Å². The van der Waals surface area contributed by atoms with Gasteiger partial charge < -0.3 is 29.0 Å². The molecular formula is C22H27NO7. The van der Waals surface area contributed by atoms with Crippen LogP contribution in [0.25, 0.3) is 0 Å². The molecule has 162 valence electrons. The van der Waals surface area contributed by atoms with Crippen molar-refractivity contribution in [2.24, 2.45) is 0 Å². The predicted molar refractivity (Wildman–Crippen MR) is 110 cm³/mol. The van der Waals surface area contributed by atoms with E-state index in [9.17, 15) is 9.59 Å². The molecule has 0 aliphatic rings. The van der Waals surface area contributed by atoms with Gasteiger partial charge in [0, 0.05) is 0 Å².